The van der Waals surface area contributed by atoms with E-state index in [2.05, 4.69) is 0 Å². The number of carbonyl (C=O) groups excluding carboxylic acids is 1. The minimum Gasteiger partial charge on any atom is -0.399 e. The van der Waals surface area contributed by atoms with Crippen molar-refractivity contribution in [2.24, 2.45) is 0 Å². The van der Waals surface area contributed by atoms with Crippen molar-refractivity contribution in [1.29, 1.82) is 0 Å². The number of nitrogens with two attached hydrogens (primary N) is 1. The Morgan fingerprint density at radius 3 is 2.59 bits per heavy atom. The van der Waals surface area contributed by atoms with Crippen molar-refractivity contribution in [3.05, 3.63) is 29.8 Å². The number of Topliss-reactive ketones (excluding diaryl/α,β-unsaturated/α-hetero) is 1. The SMILES string of the molecule is CCS(=O)(=O)[C@](Cl)(I)C(=O)c1cccc(N)c1. The smallest absolute Gasteiger partial charge is 0.257 e. The van der Waals surface area contributed by atoms with E-state index in [-0.39, 0.29) is 11.3 Å². The minimum atomic E-state index is -3.70. The number of sulfone groups is 1. The average Bonchev–Trinajstić information content (AvgIpc) is 2.27. The average molecular weight is 388 g/mol. The molecule has 1 rings (SSSR count). The van der Waals surface area contributed by atoms with Crippen LogP contribution in [0.25, 0.3) is 0 Å². The summed E-state index contributed by atoms with van der Waals surface area (Å²) in [6, 6.07) is 6.07. The number of benzene rings is 1. The number of carbonyl (C=O) groups is 1. The van der Waals surface area contributed by atoms with Crippen LogP contribution in [0, 0.1) is 0 Å². The van der Waals surface area contributed by atoms with Gasteiger partial charge in [0.2, 0.25) is 5.78 Å². The van der Waals surface area contributed by atoms with Crippen LogP contribution >= 0.6 is 34.2 Å². The number of rotatable bonds is 4. The Kier molecular flexibility index (Phi) is 4.43. The lowest BCUT2D eigenvalue weighted by Gasteiger charge is -2.18. The first-order valence-electron chi connectivity index (χ1n) is 4.73. The van der Waals surface area contributed by atoms with Crippen LogP contribution in [0.15, 0.2) is 24.3 Å². The van der Waals surface area contributed by atoms with E-state index in [1.165, 1.54) is 41.6 Å². The maximum absolute atomic E-state index is 12.1. The number of halogens is 2. The fourth-order valence-electron chi connectivity index (χ4n) is 1.17. The molecule has 1 aromatic carbocycles. The van der Waals surface area contributed by atoms with E-state index in [1.54, 1.807) is 12.1 Å². The molecule has 0 aliphatic heterocycles. The van der Waals surface area contributed by atoms with Crippen LogP contribution < -0.4 is 5.73 Å². The van der Waals surface area contributed by atoms with E-state index in [9.17, 15) is 13.2 Å². The van der Waals surface area contributed by atoms with Crippen LogP contribution in [0.1, 0.15) is 17.3 Å². The summed E-state index contributed by atoms with van der Waals surface area (Å²) in [5.41, 5.74) is 6.10. The first-order valence-corrected chi connectivity index (χ1v) is 7.83. The van der Waals surface area contributed by atoms with Gasteiger partial charge < -0.3 is 5.73 Å². The van der Waals surface area contributed by atoms with Gasteiger partial charge in [-0.15, -0.1) is 0 Å². The third-order valence-corrected chi connectivity index (χ3v) is 7.29. The van der Waals surface area contributed by atoms with E-state index < -0.39 is 17.8 Å². The highest BCUT2D eigenvalue weighted by Crippen LogP contribution is 2.35. The summed E-state index contributed by atoms with van der Waals surface area (Å²) in [7, 11) is -3.70. The maximum atomic E-state index is 12.1. The summed E-state index contributed by atoms with van der Waals surface area (Å²) in [6.07, 6.45) is 0. The van der Waals surface area contributed by atoms with E-state index in [0.29, 0.717) is 5.69 Å². The summed E-state index contributed by atoms with van der Waals surface area (Å²) < 4.78 is 21.5. The maximum Gasteiger partial charge on any atom is 0.257 e. The summed E-state index contributed by atoms with van der Waals surface area (Å²) in [4.78, 5) is 12.1. The molecule has 7 heteroatoms. The lowest BCUT2D eigenvalue weighted by molar-refractivity contribution is 0.100. The van der Waals surface area contributed by atoms with Gasteiger partial charge in [0.25, 0.3) is 2.21 Å². The third kappa shape index (κ3) is 2.92. The quantitative estimate of drug-likeness (QED) is 0.372. The van der Waals surface area contributed by atoms with Crippen LogP contribution in [0.4, 0.5) is 5.69 Å². The molecule has 0 amide bonds. The summed E-state index contributed by atoms with van der Waals surface area (Å²) in [5.74, 6) is -0.873. The highest BCUT2D eigenvalue weighted by Gasteiger charge is 2.45. The van der Waals surface area contributed by atoms with Gasteiger partial charge >= 0.3 is 0 Å². The molecule has 0 fully saturated rings. The third-order valence-electron chi connectivity index (χ3n) is 2.18. The van der Waals surface area contributed by atoms with Gasteiger partial charge in [-0.25, -0.2) is 8.42 Å². The monoisotopic (exact) mass is 387 g/mol. The Hall–Kier alpha value is -0.340. The van der Waals surface area contributed by atoms with Crippen LogP contribution in [-0.2, 0) is 9.84 Å². The van der Waals surface area contributed by atoms with Crippen molar-refractivity contribution in [2.75, 3.05) is 11.5 Å². The molecular weight excluding hydrogens is 377 g/mol. The second kappa shape index (κ2) is 5.11. The standard InChI is InChI=1S/C10H11ClINO3S/c1-2-17(15,16)10(11,12)9(14)7-4-3-5-8(13)6-7/h3-6H,2,13H2,1H3/t10-/m1/s1. The highest BCUT2D eigenvalue weighted by molar-refractivity contribution is 14.1. The van der Waals surface area contributed by atoms with Crippen LogP contribution in [0.3, 0.4) is 0 Å². The van der Waals surface area contributed by atoms with Gasteiger partial charge in [0.15, 0.2) is 9.84 Å². The molecule has 0 radical (unpaired) electrons. The van der Waals surface area contributed by atoms with E-state index in [4.69, 9.17) is 17.3 Å². The molecule has 17 heavy (non-hydrogen) atoms. The number of alkyl halides is 2. The van der Waals surface area contributed by atoms with Crippen molar-refractivity contribution in [1.82, 2.24) is 0 Å². The molecule has 0 heterocycles. The molecule has 0 bridgehead atoms. The Bertz CT molecular complexity index is 542. The van der Waals surface area contributed by atoms with Gasteiger partial charge in [0, 0.05) is 11.3 Å². The lowest BCUT2D eigenvalue weighted by atomic mass is 10.1. The van der Waals surface area contributed by atoms with Crippen molar-refractivity contribution in [3.63, 3.8) is 0 Å². The highest BCUT2D eigenvalue weighted by atomic mass is 127. The number of anilines is 1. The normalized spacial score (nSPS) is 15.2. The Labute approximate surface area is 119 Å². The van der Waals surface area contributed by atoms with Crippen molar-refractivity contribution in [3.8, 4) is 0 Å². The molecule has 0 unspecified atom stereocenters. The zero-order chi connectivity index (χ0) is 13.3. The van der Waals surface area contributed by atoms with E-state index in [1.807, 2.05) is 0 Å². The van der Waals surface area contributed by atoms with E-state index in [0.717, 1.165) is 0 Å². The minimum absolute atomic E-state index is 0.187. The van der Waals surface area contributed by atoms with E-state index >= 15 is 0 Å². The number of hydrogen-bond donors (Lipinski definition) is 1. The number of hydrogen-bond acceptors (Lipinski definition) is 4. The van der Waals surface area contributed by atoms with Crippen molar-refractivity contribution in [2.45, 2.75) is 9.14 Å². The molecule has 1 atom stereocenters. The van der Waals surface area contributed by atoms with Crippen LogP contribution in [-0.4, -0.2) is 22.2 Å². The second-order valence-electron chi connectivity index (χ2n) is 3.37. The molecule has 4 nitrogen and oxygen atoms in total. The molecule has 0 spiro atoms. The first kappa shape index (κ1) is 14.7. The molecule has 2 N–H and O–H groups in total. The summed E-state index contributed by atoms with van der Waals surface area (Å²) in [6.45, 7) is 1.44. The van der Waals surface area contributed by atoms with Gasteiger partial charge in [-0.2, -0.15) is 0 Å². The second-order valence-corrected chi connectivity index (χ2v) is 9.57. The molecule has 0 aliphatic carbocycles. The summed E-state index contributed by atoms with van der Waals surface area (Å²) in [5, 5.41) is 0. The molecule has 0 aromatic heterocycles. The van der Waals surface area contributed by atoms with Gasteiger partial charge in [0.05, 0.1) is 5.75 Å². The van der Waals surface area contributed by atoms with Crippen LogP contribution in [0.2, 0.25) is 0 Å². The molecule has 0 aliphatic rings. The Morgan fingerprint density at radius 2 is 2.12 bits per heavy atom. The molecule has 1 aromatic rings. The fourth-order valence-corrected chi connectivity index (χ4v) is 3.62. The van der Waals surface area contributed by atoms with Gasteiger partial charge in [-0.05, 0) is 34.7 Å². The van der Waals surface area contributed by atoms with Crippen molar-refractivity contribution < 1.29 is 13.2 Å². The van der Waals surface area contributed by atoms with Gasteiger partial charge in [-0.3, -0.25) is 4.79 Å². The zero-order valence-electron chi connectivity index (χ0n) is 8.98. The lowest BCUT2D eigenvalue weighted by Crippen LogP contribution is -2.36. The zero-order valence-corrected chi connectivity index (χ0v) is 12.7. The van der Waals surface area contributed by atoms with Crippen LogP contribution in [0.5, 0.6) is 0 Å². The largest absolute Gasteiger partial charge is 0.399 e. The van der Waals surface area contributed by atoms with Gasteiger partial charge in [-0.1, -0.05) is 30.7 Å². The topological polar surface area (TPSA) is 77.2 Å². The van der Waals surface area contributed by atoms with Crippen molar-refractivity contribution >= 4 is 55.5 Å². The molecule has 0 saturated heterocycles. The van der Waals surface area contributed by atoms with Gasteiger partial charge in [0.1, 0.15) is 0 Å². The first-order chi connectivity index (χ1) is 7.72. The fraction of sp³-hybridized carbons (Fsp3) is 0.300. The Balaban J connectivity index is 3.23. The molecule has 94 valence electrons. The molecule has 0 saturated carbocycles. The predicted octanol–water partition coefficient (Wildman–Crippen LogP) is 2.21. The Morgan fingerprint density at radius 1 is 1.53 bits per heavy atom. The predicted molar refractivity (Wildman–Crippen MR) is 77.2 cm³/mol. The molecular formula is C10H11ClINO3S. The summed E-state index contributed by atoms with van der Waals surface area (Å²) >= 11 is 7.32. The number of ketones is 1. The number of nitrogen functional groups attached to an aromatic ring is 1.